The molecular formula is C11H14F2N2O4. The van der Waals surface area contributed by atoms with E-state index < -0.39 is 29.7 Å². The summed E-state index contributed by atoms with van der Waals surface area (Å²) in [4.78, 5) is 10.3. The monoisotopic (exact) mass is 276 g/mol. The molecular weight excluding hydrogens is 262 g/mol. The number of hydrogen-bond acceptors (Lipinski definition) is 5. The SMILES string of the molecule is CCOc1cccc(NCC(F)(F)CO)c1[N+](=O)[O-]. The van der Waals surface area contributed by atoms with Gasteiger partial charge in [-0.05, 0) is 19.1 Å². The fraction of sp³-hybridized carbons (Fsp3) is 0.455. The molecule has 0 heterocycles. The molecule has 2 N–H and O–H groups in total. The first-order chi connectivity index (χ1) is 8.91. The highest BCUT2D eigenvalue weighted by molar-refractivity contribution is 5.68. The molecule has 0 bridgehead atoms. The normalized spacial score (nSPS) is 11.2. The van der Waals surface area contributed by atoms with Crippen molar-refractivity contribution in [3.8, 4) is 5.75 Å². The molecule has 1 aromatic carbocycles. The van der Waals surface area contributed by atoms with Gasteiger partial charge in [-0.3, -0.25) is 10.1 Å². The van der Waals surface area contributed by atoms with E-state index in [0.717, 1.165) is 0 Å². The molecule has 0 aliphatic rings. The van der Waals surface area contributed by atoms with E-state index in [-0.39, 0.29) is 18.0 Å². The minimum absolute atomic E-state index is 0.00446. The summed E-state index contributed by atoms with van der Waals surface area (Å²) in [6, 6.07) is 4.14. The Morgan fingerprint density at radius 3 is 2.74 bits per heavy atom. The Kier molecular flexibility index (Phi) is 4.99. The average Bonchev–Trinajstić information content (AvgIpc) is 2.36. The summed E-state index contributed by atoms with van der Waals surface area (Å²) in [6.07, 6.45) is 0. The van der Waals surface area contributed by atoms with Crippen LogP contribution in [0.4, 0.5) is 20.2 Å². The number of aliphatic hydroxyl groups excluding tert-OH is 1. The van der Waals surface area contributed by atoms with E-state index in [9.17, 15) is 18.9 Å². The highest BCUT2D eigenvalue weighted by atomic mass is 19.3. The van der Waals surface area contributed by atoms with Crippen molar-refractivity contribution in [2.45, 2.75) is 12.8 Å². The van der Waals surface area contributed by atoms with E-state index in [2.05, 4.69) is 5.32 Å². The topological polar surface area (TPSA) is 84.6 Å². The van der Waals surface area contributed by atoms with Gasteiger partial charge in [0.05, 0.1) is 18.1 Å². The molecule has 0 atom stereocenters. The molecule has 19 heavy (non-hydrogen) atoms. The Hall–Kier alpha value is -1.96. The van der Waals surface area contributed by atoms with Gasteiger partial charge in [-0.15, -0.1) is 0 Å². The van der Waals surface area contributed by atoms with Crippen molar-refractivity contribution in [2.24, 2.45) is 0 Å². The van der Waals surface area contributed by atoms with Gasteiger partial charge in [0, 0.05) is 0 Å². The zero-order valence-electron chi connectivity index (χ0n) is 10.2. The molecule has 0 saturated carbocycles. The number of hydrogen-bond donors (Lipinski definition) is 2. The molecule has 8 heteroatoms. The van der Waals surface area contributed by atoms with Crippen molar-refractivity contribution in [2.75, 3.05) is 25.1 Å². The first kappa shape index (κ1) is 15.1. The van der Waals surface area contributed by atoms with E-state index in [1.165, 1.54) is 18.2 Å². The number of alkyl halides is 2. The third kappa shape index (κ3) is 4.02. The second-order valence-electron chi connectivity index (χ2n) is 3.71. The number of nitro benzene ring substituents is 1. The summed E-state index contributed by atoms with van der Waals surface area (Å²) in [5, 5.41) is 21.7. The number of nitrogens with zero attached hydrogens (tertiary/aromatic N) is 1. The van der Waals surface area contributed by atoms with Crippen molar-refractivity contribution in [1.82, 2.24) is 0 Å². The number of rotatable bonds is 7. The molecule has 0 fully saturated rings. The van der Waals surface area contributed by atoms with Gasteiger partial charge < -0.3 is 15.2 Å². The lowest BCUT2D eigenvalue weighted by atomic mass is 10.2. The summed E-state index contributed by atoms with van der Waals surface area (Å²) in [6.45, 7) is -0.361. The first-order valence-electron chi connectivity index (χ1n) is 5.54. The van der Waals surface area contributed by atoms with Crippen LogP contribution in [0.3, 0.4) is 0 Å². The predicted octanol–water partition coefficient (Wildman–Crippen LogP) is 2.03. The Morgan fingerprint density at radius 2 is 2.21 bits per heavy atom. The van der Waals surface area contributed by atoms with Crippen molar-refractivity contribution >= 4 is 11.4 Å². The highest BCUT2D eigenvalue weighted by Crippen LogP contribution is 2.35. The molecule has 0 aliphatic carbocycles. The molecule has 0 radical (unpaired) electrons. The van der Waals surface area contributed by atoms with Gasteiger partial charge >= 0.3 is 5.69 Å². The molecule has 6 nitrogen and oxygen atoms in total. The number of nitrogens with one attached hydrogen (secondary N) is 1. The summed E-state index contributed by atoms with van der Waals surface area (Å²) in [5.41, 5.74) is -0.484. The van der Waals surface area contributed by atoms with Gasteiger partial charge in [0.2, 0.25) is 0 Å². The molecule has 1 rings (SSSR count). The van der Waals surface area contributed by atoms with Gasteiger partial charge in [0.15, 0.2) is 5.75 Å². The molecule has 0 aromatic heterocycles. The maximum atomic E-state index is 12.9. The van der Waals surface area contributed by atoms with Crippen LogP contribution < -0.4 is 10.1 Å². The van der Waals surface area contributed by atoms with Gasteiger partial charge in [-0.2, -0.15) is 0 Å². The smallest absolute Gasteiger partial charge is 0.333 e. The number of para-hydroxylation sites is 1. The standard InChI is InChI=1S/C11H14F2N2O4/c1-2-19-9-5-3-4-8(10(9)15(17)18)14-6-11(12,13)7-16/h3-5,14,16H,2,6-7H2,1H3. The Balaban J connectivity index is 3.00. The lowest BCUT2D eigenvalue weighted by Gasteiger charge is -2.15. The maximum Gasteiger partial charge on any atom is 0.333 e. The second kappa shape index (κ2) is 6.28. The molecule has 0 saturated heterocycles. The van der Waals surface area contributed by atoms with E-state index >= 15 is 0 Å². The van der Waals surface area contributed by atoms with Crippen LogP contribution in [0.1, 0.15) is 6.92 Å². The third-order valence-corrected chi connectivity index (χ3v) is 2.25. The number of benzene rings is 1. The fourth-order valence-corrected chi connectivity index (χ4v) is 1.41. The number of ether oxygens (including phenoxy) is 1. The number of nitro groups is 1. The van der Waals surface area contributed by atoms with Gasteiger partial charge in [0.1, 0.15) is 12.3 Å². The van der Waals surface area contributed by atoms with Crippen molar-refractivity contribution < 1.29 is 23.5 Å². The van der Waals surface area contributed by atoms with Crippen molar-refractivity contribution in [1.29, 1.82) is 0 Å². The van der Waals surface area contributed by atoms with Gasteiger partial charge in [0.25, 0.3) is 5.92 Å². The van der Waals surface area contributed by atoms with Crippen molar-refractivity contribution in [3.05, 3.63) is 28.3 Å². The highest BCUT2D eigenvalue weighted by Gasteiger charge is 2.29. The molecule has 0 amide bonds. The number of aliphatic hydroxyl groups is 1. The first-order valence-corrected chi connectivity index (χ1v) is 5.54. The molecule has 0 unspecified atom stereocenters. The summed E-state index contributed by atoms with van der Waals surface area (Å²) >= 11 is 0. The minimum atomic E-state index is -3.35. The fourth-order valence-electron chi connectivity index (χ4n) is 1.41. The van der Waals surface area contributed by atoms with Crippen molar-refractivity contribution in [3.63, 3.8) is 0 Å². The number of halogens is 2. The van der Waals surface area contributed by atoms with E-state index in [4.69, 9.17) is 9.84 Å². The zero-order chi connectivity index (χ0) is 14.5. The Labute approximate surface area is 108 Å². The molecule has 0 spiro atoms. The second-order valence-corrected chi connectivity index (χ2v) is 3.71. The lowest BCUT2D eigenvalue weighted by Crippen LogP contribution is -2.31. The Bertz CT molecular complexity index is 454. The predicted molar refractivity (Wildman–Crippen MR) is 64.8 cm³/mol. The zero-order valence-corrected chi connectivity index (χ0v) is 10.2. The van der Waals surface area contributed by atoms with Crippen LogP contribution in [0.15, 0.2) is 18.2 Å². The summed E-state index contributed by atoms with van der Waals surface area (Å²) < 4.78 is 30.9. The largest absolute Gasteiger partial charge is 0.487 e. The van der Waals surface area contributed by atoms with Crippen LogP contribution in [-0.2, 0) is 0 Å². The quantitative estimate of drug-likeness (QED) is 0.588. The van der Waals surface area contributed by atoms with Gasteiger partial charge in [-0.25, -0.2) is 8.78 Å². The summed E-state index contributed by atoms with van der Waals surface area (Å²) in [7, 11) is 0. The van der Waals surface area contributed by atoms with E-state index in [0.29, 0.717) is 0 Å². The molecule has 0 aliphatic heterocycles. The Morgan fingerprint density at radius 1 is 1.53 bits per heavy atom. The van der Waals surface area contributed by atoms with Crippen LogP contribution in [0.25, 0.3) is 0 Å². The van der Waals surface area contributed by atoms with Gasteiger partial charge in [-0.1, -0.05) is 6.07 Å². The molecule has 106 valence electrons. The van der Waals surface area contributed by atoms with Crippen LogP contribution in [-0.4, -0.2) is 35.7 Å². The minimum Gasteiger partial charge on any atom is -0.487 e. The van der Waals surface area contributed by atoms with Crippen LogP contribution in [0, 0.1) is 10.1 Å². The maximum absolute atomic E-state index is 12.9. The van der Waals surface area contributed by atoms with Crippen LogP contribution in [0.2, 0.25) is 0 Å². The van der Waals surface area contributed by atoms with E-state index in [1.807, 2.05) is 0 Å². The summed E-state index contributed by atoms with van der Waals surface area (Å²) in [5.74, 6) is -3.35. The van der Waals surface area contributed by atoms with Crippen LogP contribution >= 0.6 is 0 Å². The van der Waals surface area contributed by atoms with E-state index in [1.54, 1.807) is 6.92 Å². The van der Waals surface area contributed by atoms with Crippen LogP contribution in [0.5, 0.6) is 5.75 Å². The molecule has 1 aromatic rings. The lowest BCUT2D eigenvalue weighted by molar-refractivity contribution is -0.384. The third-order valence-electron chi connectivity index (χ3n) is 2.25. The number of anilines is 1. The average molecular weight is 276 g/mol.